The van der Waals surface area contributed by atoms with Crippen LogP contribution in [0.2, 0.25) is 0 Å². The molecule has 6 heteroatoms. The lowest BCUT2D eigenvalue weighted by Gasteiger charge is -2.36. The first kappa shape index (κ1) is 26.2. The van der Waals surface area contributed by atoms with Crippen molar-refractivity contribution in [2.24, 2.45) is 5.92 Å². The Labute approximate surface area is 214 Å². The van der Waals surface area contributed by atoms with Crippen molar-refractivity contribution < 1.29 is 19.4 Å². The van der Waals surface area contributed by atoms with Crippen LogP contribution in [0.4, 0.5) is 0 Å². The second-order valence-electron chi connectivity index (χ2n) is 10.4. The molecule has 0 spiro atoms. The molecule has 194 valence electrons. The zero-order chi connectivity index (χ0) is 25.3. The number of allylic oxidation sites excluding steroid dienone is 1. The van der Waals surface area contributed by atoms with Crippen molar-refractivity contribution in [1.29, 1.82) is 0 Å². The summed E-state index contributed by atoms with van der Waals surface area (Å²) < 4.78 is 6.16. The van der Waals surface area contributed by atoms with E-state index in [2.05, 4.69) is 10.2 Å². The van der Waals surface area contributed by atoms with Crippen LogP contribution in [-0.4, -0.2) is 53.7 Å². The molecule has 0 bridgehead atoms. The Kier molecular flexibility index (Phi) is 9.40. The number of hydrogen-bond acceptors (Lipinski definition) is 4. The van der Waals surface area contributed by atoms with E-state index in [9.17, 15) is 9.59 Å². The second-order valence-corrected chi connectivity index (χ2v) is 10.4. The Balaban J connectivity index is 1.37. The lowest BCUT2D eigenvalue weighted by molar-refractivity contribution is -0.141. The predicted octanol–water partition coefficient (Wildman–Crippen LogP) is 5.56. The number of carboxylic acid groups (broad SMARTS) is 1. The SMILES string of the molecule is CC(CCCC=C(COc1cccc2ccccc12)C(=O)NC1CCN(C2CCCC2)CC1)C(=O)O. The molecule has 1 amide bonds. The molecule has 2 aromatic carbocycles. The van der Waals surface area contributed by atoms with Gasteiger partial charge < -0.3 is 20.1 Å². The fourth-order valence-electron chi connectivity index (χ4n) is 5.47. The van der Waals surface area contributed by atoms with Gasteiger partial charge in [0.1, 0.15) is 12.4 Å². The van der Waals surface area contributed by atoms with Gasteiger partial charge in [-0.3, -0.25) is 9.59 Å². The minimum atomic E-state index is -0.778. The topological polar surface area (TPSA) is 78.9 Å². The number of benzene rings is 2. The summed E-state index contributed by atoms with van der Waals surface area (Å²) in [5, 5.41) is 14.5. The van der Waals surface area contributed by atoms with E-state index >= 15 is 0 Å². The van der Waals surface area contributed by atoms with Crippen molar-refractivity contribution in [2.45, 2.75) is 76.8 Å². The van der Waals surface area contributed by atoms with Crippen molar-refractivity contribution in [3.63, 3.8) is 0 Å². The number of carboxylic acids is 1. The first-order valence-electron chi connectivity index (χ1n) is 13.6. The van der Waals surface area contributed by atoms with Crippen LogP contribution < -0.4 is 10.1 Å². The van der Waals surface area contributed by atoms with Crippen molar-refractivity contribution in [3.8, 4) is 5.75 Å². The Morgan fingerprint density at radius 3 is 2.56 bits per heavy atom. The molecule has 2 aromatic rings. The fraction of sp³-hybridized carbons (Fsp3) is 0.533. The number of carbonyl (C=O) groups is 2. The van der Waals surface area contributed by atoms with Gasteiger partial charge in [-0.1, -0.05) is 62.2 Å². The van der Waals surface area contributed by atoms with E-state index in [1.165, 1.54) is 25.7 Å². The number of nitrogens with zero attached hydrogens (tertiary/aromatic N) is 1. The molecule has 2 N–H and O–H groups in total. The van der Waals surface area contributed by atoms with Crippen molar-refractivity contribution in [1.82, 2.24) is 10.2 Å². The van der Waals surface area contributed by atoms with Gasteiger partial charge in [-0.05, 0) is 56.4 Å². The molecule has 1 heterocycles. The average Bonchev–Trinajstić information content (AvgIpc) is 3.43. The average molecular weight is 493 g/mol. The van der Waals surface area contributed by atoms with E-state index in [4.69, 9.17) is 9.84 Å². The zero-order valence-electron chi connectivity index (χ0n) is 21.5. The van der Waals surface area contributed by atoms with Gasteiger partial charge in [-0.15, -0.1) is 0 Å². The van der Waals surface area contributed by atoms with Crippen LogP contribution in [0.5, 0.6) is 5.75 Å². The third-order valence-electron chi connectivity index (χ3n) is 7.78. The van der Waals surface area contributed by atoms with Crippen LogP contribution in [0.25, 0.3) is 10.8 Å². The van der Waals surface area contributed by atoms with Crippen LogP contribution in [0.3, 0.4) is 0 Å². The molecule has 0 radical (unpaired) electrons. The summed E-state index contributed by atoms with van der Waals surface area (Å²) in [6.45, 7) is 4.01. The first-order valence-corrected chi connectivity index (χ1v) is 13.6. The Bertz CT molecular complexity index is 1050. The lowest BCUT2D eigenvalue weighted by Crippen LogP contribution is -2.47. The van der Waals surface area contributed by atoms with Gasteiger partial charge in [0.15, 0.2) is 0 Å². The number of likely N-dealkylation sites (tertiary alicyclic amines) is 1. The highest BCUT2D eigenvalue weighted by molar-refractivity contribution is 5.94. The predicted molar refractivity (Wildman–Crippen MR) is 143 cm³/mol. The van der Waals surface area contributed by atoms with E-state index in [1.54, 1.807) is 6.92 Å². The number of nitrogens with one attached hydrogen (secondary N) is 1. The van der Waals surface area contributed by atoms with Crippen molar-refractivity contribution in [3.05, 3.63) is 54.1 Å². The third-order valence-corrected chi connectivity index (χ3v) is 7.78. The number of rotatable bonds is 11. The van der Waals surface area contributed by atoms with E-state index < -0.39 is 5.97 Å². The number of carbonyl (C=O) groups excluding carboxylic acids is 1. The standard InChI is InChI=1S/C30H40N2O4/c1-22(30(34)35)9-2-3-11-24(21-36-28-16-8-12-23-10-4-7-15-27(23)28)29(33)31-25-17-19-32(20-18-25)26-13-5-6-14-26/h4,7-8,10-12,15-16,22,25-26H,2-3,5-6,9,13-14,17-21H2,1H3,(H,31,33)(H,34,35). The van der Waals surface area contributed by atoms with Crippen LogP contribution in [0.1, 0.15) is 64.7 Å². The van der Waals surface area contributed by atoms with Gasteiger partial charge in [0.05, 0.1) is 11.5 Å². The lowest BCUT2D eigenvalue weighted by atomic mass is 10.0. The number of fused-ring (bicyclic) bond motifs is 1. The number of unbranched alkanes of at least 4 members (excludes halogenated alkanes) is 1. The smallest absolute Gasteiger partial charge is 0.306 e. The van der Waals surface area contributed by atoms with Crippen LogP contribution in [-0.2, 0) is 9.59 Å². The Morgan fingerprint density at radius 1 is 1.08 bits per heavy atom. The zero-order valence-corrected chi connectivity index (χ0v) is 21.5. The minimum absolute atomic E-state index is 0.0687. The molecular formula is C30H40N2O4. The first-order chi connectivity index (χ1) is 17.5. The van der Waals surface area contributed by atoms with E-state index in [0.717, 1.165) is 54.9 Å². The molecule has 1 saturated carbocycles. The summed E-state index contributed by atoms with van der Waals surface area (Å²) in [6, 6.07) is 14.9. The number of aliphatic carboxylic acids is 1. The maximum Gasteiger partial charge on any atom is 0.306 e. The molecule has 1 aliphatic heterocycles. The number of amides is 1. The van der Waals surface area contributed by atoms with Gasteiger partial charge in [0.2, 0.25) is 0 Å². The summed E-state index contributed by atoms with van der Waals surface area (Å²) in [6.07, 6.45) is 11.2. The number of piperidine rings is 1. The number of hydrogen-bond donors (Lipinski definition) is 2. The molecule has 0 aromatic heterocycles. The molecular weight excluding hydrogens is 452 g/mol. The van der Waals surface area contributed by atoms with E-state index in [-0.39, 0.29) is 24.5 Å². The highest BCUT2D eigenvalue weighted by Gasteiger charge is 2.28. The van der Waals surface area contributed by atoms with E-state index in [1.807, 2.05) is 48.5 Å². The molecule has 1 atom stereocenters. The van der Waals surface area contributed by atoms with Crippen molar-refractivity contribution in [2.75, 3.05) is 19.7 Å². The monoisotopic (exact) mass is 492 g/mol. The van der Waals surface area contributed by atoms with Gasteiger partial charge in [0.25, 0.3) is 5.91 Å². The maximum absolute atomic E-state index is 13.3. The van der Waals surface area contributed by atoms with Crippen LogP contribution in [0, 0.1) is 5.92 Å². The molecule has 6 nitrogen and oxygen atoms in total. The van der Waals surface area contributed by atoms with Gasteiger partial charge in [-0.25, -0.2) is 0 Å². The summed E-state index contributed by atoms with van der Waals surface area (Å²) in [5.74, 6) is -0.468. The largest absolute Gasteiger partial charge is 0.488 e. The highest BCUT2D eigenvalue weighted by Crippen LogP contribution is 2.27. The quantitative estimate of drug-likeness (QED) is 0.317. The number of ether oxygens (including phenoxy) is 1. The molecule has 36 heavy (non-hydrogen) atoms. The molecule has 2 aliphatic rings. The molecule has 2 fully saturated rings. The normalized spacial score (nSPS) is 18.9. The van der Waals surface area contributed by atoms with Crippen LogP contribution in [0.15, 0.2) is 54.1 Å². The summed E-state index contributed by atoms with van der Waals surface area (Å²) >= 11 is 0. The van der Waals surface area contributed by atoms with Crippen LogP contribution >= 0.6 is 0 Å². The maximum atomic E-state index is 13.3. The third kappa shape index (κ3) is 7.10. The summed E-state index contributed by atoms with van der Waals surface area (Å²) in [5.41, 5.74) is 0.615. The Morgan fingerprint density at radius 2 is 1.81 bits per heavy atom. The van der Waals surface area contributed by atoms with Gasteiger partial charge in [-0.2, -0.15) is 0 Å². The summed E-state index contributed by atoms with van der Waals surface area (Å²) in [7, 11) is 0. The fourth-order valence-corrected chi connectivity index (χ4v) is 5.47. The van der Waals surface area contributed by atoms with Gasteiger partial charge >= 0.3 is 5.97 Å². The van der Waals surface area contributed by atoms with E-state index in [0.29, 0.717) is 18.4 Å². The highest BCUT2D eigenvalue weighted by atomic mass is 16.5. The van der Waals surface area contributed by atoms with Gasteiger partial charge in [0, 0.05) is 30.6 Å². The molecule has 4 rings (SSSR count). The van der Waals surface area contributed by atoms with Crippen molar-refractivity contribution >= 4 is 22.6 Å². The Hall–Kier alpha value is -2.86. The molecule has 1 saturated heterocycles. The second kappa shape index (κ2) is 12.9. The minimum Gasteiger partial charge on any atom is -0.488 e. The molecule has 1 aliphatic carbocycles. The summed E-state index contributed by atoms with van der Waals surface area (Å²) in [4.78, 5) is 27.0. The molecule has 1 unspecified atom stereocenters.